The number of nitrogen functional groups attached to an aromatic ring is 1. The summed E-state index contributed by atoms with van der Waals surface area (Å²) in [6, 6.07) is 0. The molecule has 4 nitrogen and oxygen atoms in total. The van der Waals surface area contributed by atoms with Crippen LogP contribution in [0.1, 0.15) is 43.0 Å². The third-order valence-electron chi connectivity index (χ3n) is 3.79. The summed E-state index contributed by atoms with van der Waals surface area (Å²) in [7, 11) is 0. The van der Waals surface area contributed by atoms with Gasteiger partial charge in [-0.15, -0.1) is 0 Å². The Labute approximate surface area is 108 Å². The van der Waals surface area contributed by atoms with Gasteiger partial charge in [-0.3, -0.25) is 0 Å². The highest BCUT2D eigenvalue weighted by Gasteiger charge is 2.63. The van der Waals surface area contributed by atoms with Crippen molar-refractivity contribution in [1.29, 1.82) is 0 Å². The van der Waals surface area contributed by atoms with E-state index in [4.69, 9.17) is 5.73 Å². The average Bonchev–Trinajstić information content (AvgIpc) is 3.14. The van der Waals surface area contributed by atoms with Gasteiger partial charge in [-0.2, -0.15) is 13.2 Å². The van der Waals surface area contributed by atoms with Crippen molar-refractivity contribution in [3.63, 3.8) is 0 Å². The number of nitrogens with two attached hydrogens (primary N) is 1. The molecule has 2 saturated carbocycles. The standard InChI is InChI=1S/C12H15F3N4/c1-6-8(16)17-10(7-2-3-7)18-9(6)19-11(4-5-11)12(13,14)15/h7H,2-5H2,1H3,(H3,16,17,18,19). The van der Waals surface area contributed by atoms with Crippen molar-refractivity contribution in [2.45, 2.75) is 50.2 Å². The number of rotatable bonds is 3. The lowest BCUT2D eigenvalue weighted by Crippen LogP contribution is -2.39. The van der Waals surface area contributed by atoms with Crippen LogP contribution in [0.2, 0.25) is 0 Å². The first kappa shape index (κ1) is 12.5. The summed E-state index contributed by atoms with van der Waals surface area (Å²) in [4.78, 5) is 8.38. The quantitative estimate of drug-likeness (QED) is 0.888. The zero-order valence-electron chi connectivity index (χ0n) is 10.5. The van der Waals surface area contributed by atoms with E-state index in [-0.39, 0.29) is 30.4 Å². The van der Waals surface area contributed by atoms with Crippen molar-refractivity contribution < 1.29 is 13.2 Å². The highest BCUT2D eigenvalue weighted by Crippen LogP contribution is 2.51. The Morgan fingerprint density at radius 2 is 1.89 bits per heavy atom. The molecule has 0 atom stereocenters. The van der Waals surface area contributed by atoms with Gasteiger partial charge in [-0.25, -0.2) is 9.97 Å². The van der Waals surface area contributed by atoms with Gasteiger partial charge in [0, 0.05) is 11.5 Å². The first-order valence-electron chi connectivity index (χ1n) is 6.31. The lowest BCUT2D eigenvalue weighted by molar-refractivity contribution is -0.151. The zero-order valence-corrected chi connectivity index (χ0v) is 10.5. The Hall–Kier alpha value is -1.53. The molecule has 2 aliphatic rings. The molecule has 0 bridgehead atoms. The largest absolute Gasteiger partial charge is 0.411 e. The SMILES string of the molecule is Cc1c(N)nc(C2CC2)nc1NC1(C(F)(F)F)CC1. The van der Waals surface area contributed by atoms with E-state index in [2.05, 4.69) is 15.3 Å². The molecule has 0 radical (unpaired) electrons. The van der Waals surface area contributed by atoms with Crippen molar-refractivity contribution in [2.75, 3.05) is 11.1 Å². The molecule has 104 valence electrons. The molecule has 0 saturated heterocycles. The number of hydrogen-bond donors (Lipinski definition) is 2. The second kappa shape index (κ2) is 3.74. The maximum atomic E-state index is 12.9. The van der Waals surface area contributed by atoms with Crippen molar-refractivity contribution in [3.8, 4) is 0 Å². The van der Waals surface area contributed by atoms with Gasteiger partial charge in [0.15, 0.2) is 0 Å². The minimum absolute atomic E-state index is 0.0820. The number of hydrogen-bond acceptors (Lipinski definition) is 4. The highest BCUT2D eigenvalue weighted by molar-refractivity contribution is 5.57. The zero-order chi connectivity index (χ0) is 13.8. The molecule has 2 aliphatic carbocycles. The maximum Gasteiger partial charge on any atom is 0.411 e. The molecule has 0 aliphatic heterocycles. The summed E-state index contributed by atoms with van der Waals surface area (Å²) in [6.07, 6.45) is -2.14. The van der Waals surface area contributed by atoms with E-state index in [1.54, 1.807) is 6.92 Å². The highest BCUT2D eigenvalue weighted by atomic mass is 19.4. The summed E-state index contributed by atoms with van der Waals surface area (Å²) in [5.74, 6) is 1.30. The summed E-state index contributed by atoms with van der Waals surface area (Å²) < 4.78 is 38.8. The average molecular weight is 272 g/mol. The van der Waals surface area contributed by atoms with Gasteiger partial charge in [0.1, 0.15) is 23.0 Å². The summed E-state index contributed by atoms with van der Waals surface area (Å²) in [5.41, 5.74) is 4.43. The predicted octanol–water partition coefficient (Wildman–Crippen LogP) is 2.75. The monoisotopic (exact) mass is 272 g/mol. The molecule has 19 heavy (non-hydrogen) atoms. The van der Waals surface area contributed by atoms with Crippen LogP contribution in [0.5, 0.6) is 0 Å². The van der Waals surface area contributed by atoms with Gasteiger partial charge in [-0.05, 0) is 32.6 Å². The Morgan fingerprint density at radius 3 is 2.37 bits per heavy atom. The summed E-state index contributed by atoms with van der Waals surface area (Å²) in [6.45, 7) is 1.64. The van der Waals surface area contributed by atoms with E-state index in [9.17, 15) is 13.2 Å². The fourth-order valence-corrected chi connectivity index (χ4v) is 2.03. The van der Waals surface area contributed by atoms with Gasteiger partial charge >= 0.3 is 6.18 Å². The van der Waals surface area contributed by atoms with E-state index < -0.39 is 11.7 Å². The number of halogens is 3. The number of nitrogens with zero attached hydrogens (tertiary/aromatic N) is 2. The molecule has 3 rings (SSSR count). The third-order valence-corrected chi connectivity index (χ3v) is 3.79. The normalized spacial score (nSPS) is 21.3. The molecule has 0 amide bonds. The van der Waals surface area contributed by atoms with Crippen LogP contribution in [-0.4, -0.2) is 21.7 Å². The van der Waals surface area contributed by atoms with Crippen molar-refractivity contribution in [3.05, 3.63) is 11.4 Å². The first-order chi connectivity index (χ1) is 8.82. The molecule has 2 fully saturated rings. The Bertz CT molecular complexity index is 518. The van der Waals surface area contributed by atoms with Crippen LogP contribution >= 0.6 is 0 Å². The summed E-state index contributed by atoms with van der Waals surface area (Å²) in [5, 5.41) is 2.55. The molecule has 1 aromatic heterocycles. The van der Waals surface area contributed by atoms with Crippen LogP contribution in [0, 0.1) is 6.92 Å². The van der Waals surface area contributed by atoms with E-state index in [0.29, 0.717) is 11.4 Å². The van der Waals surface area contributed by atoms with Crippen LogP contribution in [0.15, 0.2) is 0 Å². The van der Waals surface area contributed by atoms with Crippen LogP contribution in [0.25, 0.3) is 0 Å². The number of alkyl halides is 3. The van der Waals surface area contributed by atoms with E-state index in [0.717, 1.165) is 12.8 Å². The maximum absolute atomic E-state index is 12.9. The molecule has 1 heterocycles. The second-order valence-corrected chi connectivity index (χ2v) is 5.42. The molecule has 0 aromatic carbocycles. The van der Waals surface area contributed by atoms with Crippen LogP contribution in [-0.2, 0) is 0 Å². The lowest BCUT2D eigenvalue weighted by atomic mass is 10.2. The fraction of sp³-hybridized carbons (Fsp3) is 0.667. The lowest BCUT2D eigenvalue weighted by Gasteiger charge is -2.22. The Kier molecular flexibility index (Phi) is 2.46. The number of anilines is 2. The molecule has 0 spiro atoms. The fourth-order valence-electron chi connectivity index (χ4n) is 2.03. The first-order valence-corrected chi connectivity index (χ1v) is 6.31. The molecule has 7 heteroatoms. The van der Waals surface area contributed by atoms with Gasteiger partial charge in [0.25, 0.3) is 0 Å². The second-order valence-electron chi connectivity index (χ2n) is 5.42. The van der Waals surface area contributed by atoms with E-state index in [1.165, 1.54) is 0 Å². The smallest absolute Gasteiger partial charge is 0.383 e. The van der Waals surface area contributed by atoms with E-state index in [1.807, 2.05) is 0 Å². The topological polar surface area (TPSA) is 63.8 Å². The molecule has 0 unspecified atom stereocenters. The number of aromatic nitrogens is 2. The molecule has 3 N–H and O–H groups in total. The number of nitrogens with one attached hydrogen (secondary N) is 1. The molecular weight excluding hydrogens is 257 g/mol. The Morgan fingerprint density at radius 1 is 1.26 bits per heavy atom. The molecular formula is C12H15F3N4. The summed E-state index contributed by atoms with van der Waals surface area (Å²) >= 11 is 0. The van der Waals surface area contributed by atoms with Crippen LogP contribution in [0.4, 0.5) is 24.8 Å². The van der Waals surface area contributed by atoms with Gasteiger partial charge < -0.3 is 11.1 Å². The van der Waals surface area contributed by atoms with Crippen molar-refractivity contribution >= 4 is 11.6 Å². The van der Waals surface area contributed by atoms with Crippen molar-refractivity contribution in [2.24, 2.45) is 0 Å². The van der Waals surface area contributed by atoms with Crippen molar-refractivity contribution in [1.82, 2.24) is 9.97 Å². The Balaban J connectivity index is 1.92. The minimum atomic E-state index is -4.26. The van der Waals surface area contributed by atoms with Crippen LogP contribution < -0.4 is 11.1 Å². The minimum Gasteiger partial charge on any atom is -0.383 e. The van der Waals surface area contributed by atoms with Gasteiger partial charge in [0.05, 0.1) is 0 Å². The van der Waals surface area contributed by atoms with Gasteiger partial charge in [0.2, 0.25) is 0 Å². The predicted molar refractivity (Wildman–Crippen MR) is 64.8 cm³/mol. The third kappa shape index (κ3) is 2.11. The van der Waals surface area contributed by atoms with E-state index >= 15 is 0 Å². The van der Waals surface area contributed by atoms with Crippen LogP contribution in [0.3, 0.4) is 0 Å². The molecule has 1 aromatic rings. The van der Waals surface area contributed by atoms with Gasteiger partial charge in [-0.1, -0.05) is 0 Å².